The molecule has 0 saturated heterocycles. The average molecular weight is 263 g/mol. The van der Waals surface area contributed by atoms with Crippen molar-refractivity contribution >= 4 is 11.8 Å². The molecule has 1 saturated carbocycles. The van der Waals surface area contributed by atoms with Crippen molar-refractivity contribution < 1.29 is 9.53 Å². The molecular formula is C14H21N3O2. The first kappa shape index (κ1) is 13.8. The predicted molar refractivity (Wildman–Crippen MR) is 74.3 cm³/mol. The highest BCUT2D eigenvalue weighted by molar-refractivity contribution is 5.94. The number of nitrogens with one attached hydrogen (secondary N) is 2. The zero-order valence-corrected chi connectivity index (χ0v) is 11.5. The molecule has 104 valence electrons. The second-order valence-corrected chi connectivity index (χ2v) is 4.87. The van der Waals surface area contributed by atoms with Crippen LogP contribution in [0.1, 0.15) is 36.0 Å². The van der Waals surface area contributed by atoms with Gasteiger partial charge in [0.2, 0.25) is 0 Å². The normalized spacial score (nSPS) is 22.8. The fraction of sp³-hybridized carbons (Fsp3) is 0.571. The molecule has 0 unspecified atom stereocenters. The van der Waals surface area contributed by atoms with E-state index in [2.05, 4.69) is 15.6 Å². The van der Waals surface area contributed by atoms with E-state index < -0.39 is 0 Å². The molecule has 1 aliphatic rings. The Balaban J connectivity index is 2.01. The zero-order valence-electron chi connectivity index (χ0n) is 11.5. The Kier molecular flexibility index (Phi) is 4.74. The van der Waals surface area contributed by atoms with Gasteiger partial charge in [0, 0.05) is 18.3 Å². The maximum atomic E-state index is 11.7. The lowest BCUT2D eigenvalue weighted by molar-refractivity contribution is 0.0601. The molecule has 5 heteroatoms. The Morgan fingerprint density at radius 2 is 2.00 bits per heavy atom. The summed E-state index contributed by atoms with van der Waals surface area (Å²) in [6.45, 7) is 0. The first-order valence-corrected chi connectivity index (χ1v) is 6.71. The summed E-state index contributed by atoms with van der Waals surface area (Å²) in [6, 6.07) is 4.47. The maximum absolute atomic E-state index is 11.7. The van der Waals surface area contributed by atoms with Crippen molar-refractivity contribution in [2.75, 3.05) is 19.5 Å². The van der Waals surface area contributed by atoms with Gasteiger partial charge in [0.25, 0.3) is 0 Å². The number of carbonyl (C=O) groups excluding carboxylic acids is 1. The summed E-state index contributed by atoms with van der Waals surface area (Å²) in [4.78, 5) is 15.9. The zero-order chi connectivity index (χ0) is 13.7. The predicted octanol–water partition coefficient (Wildman–Crippen LogP) is 1.81. The van der Waals surface area contributed by atoms with Gasteiger partial charge in [-0.1, -0.05) is 0 Å². The number of methoxy groups -OCH3 is 1. The van der Waals surface area contributed by atoms with Crippen LogP contribution in [-0.2, 0) is 4.74 Å². The van der Waals surface area contributed by atoms with Gasteiger partial charge in [0.1, 0.15) is 11.4 Å². The summed E-state index contributed by atoms with van der Waals surface area (Å²) in [5, 5.41) is 6.68. The minimum Gasteiger partial charge on any atom is -0.465 e. The van der Waals surface area contributed by atoms with Gasteiger partial charge in [-0.25, -0.2) is 9.78 Å². The molecule has 1 fully saturated rings. The molecule has 0 radical (unpaired) electrons. The van der Waals surface area contributed by atoms with Crippen LogP contribution in [0.2, 0.25) is 0 Å². The minimum atomic E-state index is -0.348. The molecule has 19 heavy (non-hydrogen) atoms. The number of anilines is 1. The van der Waals surface area contributed by atoms with E-state index in [1.54, 1.807) is 18.3 Å². The van der Waals surface area contributed by atoms with Crippen LogP contribution in [0, 0.1) is 0 Å². The molecule has 0 bridgehead atoms. The number of ether oxygens (including phenoxy) is 1. The van der Waals surface area contributed by atoms with Gasteiger partial charge in [-0.3, -0.25) is 0 Å². The summed E-state index contributed by atoms with van der Waals surface area (Å²) in [6.07, 6.45) is 6.16. The summed E-state index contributed by atoms with van der Waals surface area (Å²) < 4.78 is 4.77. The van der Waals surface area contributed by atoms with E-state index in [9.17, 15) is 4.79 Å². The molecule has 2 rings (SSSR count). The number of hydrogen-bond acceptors (Lipinski definition) is 5. The van der Waals surface area contributed by atoms with Gasteiger partial charge < -0.3 is 15.4 Å². The second-order valence-electron chi connectivity index (χ2n) is 4.87. The molecule has 0 atom stereocenters. The van der Waals surface area contributed by atoms with E-state index in [4.69, 9.17) is 4.74 Å². The number of aromatic nitrogens is 1. The maximum Gasteiger partial charge on any atom is 0.341 e. The summed E-state index contributed by atoms with van der Waals surface area (Å²) in [5.41, 5.74) is 0.501. The first-order valence-electron chi connectivity index (χ1n) is 6.71. The van der Waals surface area contributed by atoms with Crippen LogP contribution in [-0.4, -0.2) is 37.2 Å². The Labute approximate surface area is 113 Å². The van der Waals surface area contributed by atoms with Crippen molar-refractivity contribution in [1.29, 1.82) is 0 Å². The Morgan fingerprint density at radius 1 is 1.32 bits per heavy atom. The van der Waals surface area contributed by atoms with Gasteiger partial charge in [-0.15, -0.1) is 0 Å². The van der Waals surface area contributed by atoms with E-state index in [1.165, 1.54) is 7.11 Å². The number of hydrogen-bond donors (Lipinski definition) is 2. The SMILES string of the molecule is CNC1CCC(Nc2ncccc2C(=O)OC)CC1. The smallest absolute Gasteiger partial charge is 0.341 e. The van der Waals surface area contributed by atoms with Crippen LogP contribution in [0.15, 0.2) is 18.3 Å². The van der Waals surface area contributed by atoms with E-state index in [1.807, 2.05) is 7.05 Å². The van der Waals surface area contributed by atoms with Gasteiger partial charge in [-0.2, -0.15) is 0 Å². The number of pyridine rings is 1. The van der Waals surface area contributed by atoms with Crippen LogP contribution < -0.4 is 10.6 Å². The monoisotopic (exact) mass is 263 g/mol. The molecule has 0 aliphatic heterocycles. The lowest BCUT2D eigenvalue weighted by Crippen LogP contribution is -2.35. The van der Waals surface area contributed by atoms with Crippen LogP contribution in [0.5, 0.6) is 0 Å². The van der Waals surface area contributed by atoms with E-state index in [0.717, 1.165) is 25.7 Å². The van der Waals surface area contributed by atoms with Gasteiger partial charge >= 0.3 is 5.97 Å². The third kappa shape index (κ3) is 3.44. The Hall–Kier alpha value is -1.62. The minimum absolute atomic E-state index is 0.348. The van der Waals surface area contributed by atoms with E-state index in [-0.39, 0.29) is 5.97 Å². The van der Waals surface area contributed by atoms with Crippen LogP contribution in [0.3, 0.4) is 0 Å². The number of nitrogens with zero attached hydrogens (tertiary/aromatic N) is 1. The van der Waals surface area contributed by atoms with E-state index in [0.29, 0.717) is 23.5 Å². The first-order chi connectivity index (χ1) is 9.24. The van der Waals surface area contributed by atoms with Crippen molar-refractivity contribution in [3.8, 4) is 0 Å². The van der Waals surface area contributed by atoms with Crippen LogP contribution >= 0.6 is 0 Å². The van der Waals surface area contributed by atoms with E-state index >= 15 is 0 Å². The third-order valence-electron chi connectivity index (χ3n) is 3.69. The second kappa shape index (κ2) is 6.52. The van der Waals surface area contributed by atoms with Crippen LogP contribution in [0.4, 0.5) is 5.82 Å². The molecule has 0 spiro atoms. The number of rotatable bonds is 4. The van der Waals surface area contributed by atoms with Crippen molar-refractivity contribution in [2.45, 2.75) is 37.8 Å². The topological polar surface area (TPSA) is 63.2 Å². The highest BCUT2D eigenvalue weighted by atomic mass is 16.5. The van der Waals surface area contributed by atoms with Gasteiger partial charge in [-0.05, 0) is 44.9 Å². The molecule has 1 aromatic rings. The molecule has 2 N–H and O–H groups in total. The molecule has 1 heterocycles. The van der Waals surface area contributed by atoms with Crippen molar-refractivity contribution in [3.63, 3.8) is 0 Å². The summed E-state index contributed by atoms with van der Waals surface area (Å²) in [5.74, 6) is 0.279. The highest BCUT2D eigenvalue weighted by Crippen LogP contribution is 2.23. The van der Waals surface area contributed by atoms with Crippen molar-refractivity contribution in [2.24, 2.45) is 0 Å². The molecule has 0 aromatic carbocycles. The quantitative estimate of drug-likeness (QED) is 0.811. The Morgan fingerprint density at radius 3 is 2.63 bits per heavy atom. The summed E-state index contributed by atoms with van der Waals surface area (Å²) in [7, 11) is 3.39. The fourth-order valence-electron chi connectivity index (χ4n) is 2.51. The van der Waals surface area contributed by atoms with Gasteiger partial charge in [0.15, 0.2) is 0 Å². The van der Waals surface area contributed by atoms with Crippen molar-refractivity contribution in [1.82, 2.24) is 10.3 Å². The molecule has 5 nitrogen and oxygen atoms in total. The number of esters is 1. The number of carbonyl (C=O) groups is 1. The standard InChI is InChI=1S/C14H21N3O2/c1-15-10-5-7-11(8-6-10)17-13-12(14(18)19-2)4-3-9-16-13/h3-4,9-11,15H,5-8H2,1-2H3,(H,16,17). The lowest BCUT2D eigenvalue weighted by Gasteiger charge is -2.29. The molecular weight excluding hydrogens is 242 g/mol. The molecule has 1 aliphatic carbocycles. The fourth-order valence-corrected chi connectivity index (χ4v) is 2.51. The molecule has 0 amide bonds. The third-order valence-corrected chi connectivity index (χ3v) is 3.69. The average Bonchev–Trinajstić information content (AvgIpc) is 2.48. The van der Waals surface area contributed by atoms with Gasteiger partial charge in [0.05, 0.1) is 7.11 Å². The van der Waals surface area contributed by atoms with Crippen LogP contribution in [0.25, 0.3) is 0 Å². The summed E-state index contributed by atoms with van der Waals surface area (Å²) >= 11 is 0. The lowest BCUT2D eigenvalue weighted by atomic mass is 9.91. The Bertz CT molecular complexity index is 428. The highest BCUT2D eigenvalue weighted by Gasteiger charge is 2.22. The van der Waals surface area contributed by atoms with Crippen molar-refractivity contribution in [3.05, 3.63) is 23.9 Å². The molecule has 1 aromatic heterocycles. The largest absolute Gasteiger partial charge is 0.465 e.